The average Bonchev–Trinajstić information content (AvgIpc) is 2.86. The Kier molecular flexibility index (Phi) is 3.25. The molecule has 2 atom stereocenters. The largest absolute Gasteiger partial charge is 0.384 e. The van der Waals surface area contributed by atoms with Crippen LogP contribution in [0.3, 0.4) is 0 Å². The van der Waals surface area contributed by atoms with E-state index in [9.17, 15) is 5.11 Å². The molecule has 1 aromatic heterocycles. The molecule has 2 unspecified atom stereocenters. The number of aromatic nitrogens is 2. The number of aliphatic hydroxyl groups excluding tert-OH is 1. The van der Waals surface area contributed by atoms with Gasteiger partial charge in [-0.1, -0.05) is 5.16 Å². The molecule has 1 aromatic rings. The zero-order valence-corrected chi connectivity index (χ0v) is 10.1. The average molecular weight is 225 g/mol. The maximum absolute atomic E-state index is 9.31. The van der Waals surface area contributed by atoms with E-state index in [0.717, 1.165) is 25.3 Å². The third kappa shape index (κ3) is 2.25. The molecule has 5 nitrogen and oxygen atoms in total. The first-order valence-corrected chi connectivity index (χ1v) is 5.83. The summed E-state index contributed by atoms with van der Waals surface area (Å²) in [7, 11) is 0. The van der Waals surface area contributed by atoms with Gasteiger partial charge in [0.1, 0.15) is 6.10 Å². The summed E-state index contributed by atoms with van der Waals surface area (Å²) in [4.78, 5) is 6.64. The number of hydrogen-bond acceptors (Lipinski definition) is 5. The fraction of sp³-hybridized carbons (Fsp3) is 0.818. The molecule has 1 fully saturated rings. The van der Waals surface area contributed by atoms with Crippen molar-refractivity contribution in [1.82, 2.24) is 15.0 Å². The van der Waals surface area contributed by atoms with Crippen molar-refractivity contribution in [2.75, 3.05) is 13.1 Å². The Bertz CT molecular complexity index is 349. The Morgan fingerprint density at radius 2 is 2.19 bits per heavy atom. The van der Waals surface area contributed by atoms with E-state index in [0.29, 0.717) is 17.9 Å². The Morgan fingerprint density at radius 3 is 2.69 bits per heavy atom. The first kappa shape index (κ1) is 11.5. The highest BCUT2D eigenvalue weighted by atomic mass is 16.5. The molecular weight excluding hydrogens is 206 g/mol. The van der Waals surface area contributed by atoms with E-state index in [2.05, 4.69) is 28.9 Å². The van der Waals surface area contributed by atoms with Crippen molar-refractivity contribution in [3.05, 3.63) is 11.7 Å². The predicted molar refractivity (Wildman–Crippen MR) is 59.0 cm³/mol. The van der Waals surface area contributed by atoms with Gasteiger partial charge in [0.25, 0.3) is 5.89 Å². The third-order valence-electron chi connectivity index (χ3n) is 3.13. The predicted octanol–water partition coefficient (Wildman–Crippen LogP) is 1.32. The molecule has 2 rings (SSSR count). The van der Waals surface area contributed by atoms with E-state index in [-0.39, 0.29) is 0 Å². The molecule has 1 N–H and O–H groups in total. The SMILES string of the molecule is CC(O)c1nc(C2CCN(C(C)C)C2)no1. The smallest absolute Gasteiger partial charge is 0.255 e. The molecule has 1 aliphatic rings. The molecule has 0 spiro atoms. The van der Waals surface area contributed by atoms with Gasteiger partial charge in [-0.25, -0.2) is 0 Å². The van der Waals surface area contributed by atoms with E-state index in [1.165, 1.54) is 0 Å². The molecule has 0 amide bonds. The standard InChI is InChI=1S/C11H19N3O2/c1-7(2)14-5-4-9(6-14)10-12-11(8(3)15)16-13-10/h7-9,15H,4-6H2,1-3H3. The maximum atomic E-state index is 9.31. The van der Waals surface area contributed by atoms with Gasteiger partial charge in [-0.2, -0.15) is 4.98 Å². The lowest BCUT2D eigenvalue weighted by molar-refractivity contribution is 0.151. The van der Waals surface area contributed by atoms with Crippen molar-refractivity contribution in [1.29, 1.82) is 0 Å². The fourth-order valence-electron chi connectivity index (χ4n) is 2.05. The molecule has 0 radical (unpaired) electrons. The second-order valence-corrected chi connectivity index (χ2v) is 4.74. The molecule has 90 valence electrons. The van der Waals surface area contributed by atoms with Crippen LogP contribution < -0.4 is 0 Å². The van der Waals surface area contributed by atoms with Crippen LogP contribution in [-0.4, -0.2) is 39.3 Å². The number of nitrogens with zero attached hydrogens (tertiary/aromatic N) is 3. The van der Waals surface area contributed by atoms with Crippen LogP contribution in [0.2, 0.25) is 0 Å². The highest BCUT2D eigenvalue weighted by molar-refractivity contribution is 5.01. The molecule has 16 heavy (non-hydrogen) atoms. The summed E-state index contributed by atoms with van der Waals surface area (Å²) < 4.78 is 5.00. The quantitative estimate of drug-likeness (QED) is 0.840. The second kappa shape index (κ2) is 4.51. The van der Waals surface area contributed by atoms with Crippen LogP contribution in [0.25, 0.3) is 0 Å². The summed E-state index contributed by atoms with van der Waals surface area (Å²) >= 11 is 0. The Hall–Kier alpha value is -0.940. The van der Waals surface area contributed by atoms with Gasteiger partial charge in [0, 0.05) is 18.5 Å². The van der Waals surface area contributed by atoms with Gasteiger partial charge in [-0.15, -0.1) is 0 Å². The van der Waals surface area contributed by atoms with Crippen molar-refractivity contribution < 1.29 is 9.63 Å². The Balaban J connectivity index is 2.03. The van der Waals surface area contributed by atoms with Crippen LogP contribution in [0.4, 0.5) is 0 Å². The second-order valence-electron chi connectivity index (χ2n) is 4.74. The Morgan fingerprint density at radius 1 is 1.44 bits per heavy atom. The molecule has 5 heteroatoms. The van der Waals surface area contributed by atoms with Crippen molar-refractivity contribution in [3.8, 4) is 0 Å². The third-order valence-corrected chi connectivity index (χ3v) is 3.13. The van der Waals surface area contributed by atoms with Crippen LogP contribution in [0.1, 0.15) is 50.9 Å². The number of likely N-dealkylation sites (tertiary alicyclic amines) is 1. The van der Waals surface area contributed by atoms with Crippen LogP contribution in [0.5, 0.6) is 0 Å². The van der Waals surface area contributed by atoms with Crippen molar-refractivity contribution in [3.63, 3.8) is 0 Å². The summed E-state index contributed by atoms with van der Waals surface area (Å²) in [5.74, 6) is 1.40. The number of rotatable bonds is 3. The zero-order chi connectivity index (χ0) is 11.7. The van der Waals surface area contributed by atoms with E-state index in [4.69, 9.17) is 4.52 Å². The lowest BCUT2D eigenvalue weighted by Gasteiger charge is -2.19. The summed E-state index contributed by atoms with van der Waals surface area (Å²) in [6, 6.07) is 0.563. The van der Waals surface area contributed by atoms with E-state index < -0.39 is 6.10 Å². The van der Waals surface area contributed by atoms with E-state index >= 15 is 0 Å². The minimum atomic E-state index is -0.677. The van der Waals surface area contributed by atoms with Gasteiger partial charge in [0.15, 0.2) is 5.82 Å². The highest BCUT2D eigenvalue weighted by Gasteiger charge is 2.29. The molecule has 0 bridgehead atoms. The van der Waals surface area contributed by atoms with E-state index in [1.54, 1.807) is 6.92 Å². The molecule has 2 heterocycles. The first-order valence-electron chi connectivity index (χ1n) is 5.83. The van der Waals surface area contributed by atoms with Crippen molar-refractivity contribution >= 4 is 0 Å². The van der Waals surface area contributed by atoms with Crippen LogP contribution in [-0.2, 0) is 0 Å². The minimum absolute atomic E-state index is 0.318. The maximum Gasteiger partial charge on any atom is 0.255 e. The molecule has 1 aliphatic heterocycles. The zero-order valence-electron chi connectivity index (χ0n) is 10.1. The fourth-order valence-corrected chi connectivity index (χ4v) is 2.05. The normalized spacial score (nSPS) is 24.2. The summed E-state index contributed by atoms with van der Waals surface area (Å²) in [6.45, 7) is 8.09. The molecular formula is C11H19N3O2. The van der Waals surface area contributed by atoms with Crippen molar-refractivity contribution in [2.45, 2.75) is 45.3 Å². The summed E-state index contributed by atoms with van der Waals surface area (Å²) in [5.41, 5.74) is 0. The summed E-state index contributed by atoms with van der Waals surface area (Å²) in [6.07, 6.45) is 0.389. The number of aliphatic hydroxyl groups is 1. The van der Waals surface area contributed by atoms with Gasteiger partial charge in [0.2, 0.25) is 0 Å². The van der Waals surface area contributed by atoms with Gasteiger partial charge < -0.3 is 14.5 Å². The minimum Gasteiger partial charge on any atom is -0.384 e. The first-order chi connectivity index (χ1) is 7.58. The summed E-state index contributed by atoms with van der Waals surface area (Å²) in [5, 5.41) is 13.3. The van der Waals surface area contributed by atoms with Crippen LogP contribution >= 0.6 is 0 Å². The van der Waals surface area contributed by atoms with Gasteiger partial charge in [-0.05, 0) is 33.7 Å². The molecule has 1 saturated heterocycles. The van der Waals surface area contributed by atoms with E-state index in [1.807, 2.05) is 0 Å². The van der Waals surface area contributed by atoms with Gasteiger partial charge >= 0.3 is 0 Å². The topological polar surface area (TPSA) is 62.4 Å². The van der Waals surface area contributed by atoms with Gasteiger partial charge in [0.05, 0.1) is 0 Å². The lowest BCUT2D eigenvalue weighted by Crippen LogP contribution is -2.28. The number of hydrogen-bond donors (Lipinski definition) is 1. The monoisotopic (exact) mass is 225 g/mol. The molecule has 0 aromatic carbocycles. The lowest BCUT2D eigenvalue weighted by atomic mass is 10.1. The van der Waals surface area contributed by atoms with Crippen LogP contribution in [0.15, 0.2) is 4.52 Å². The van der Waals surface area contributed by atoms with Crippen LogP contribution in [0, 0.1) is 0 Å². The van der Waals surface area contributed by atoms with Crippen molar-refractivity contribution in [2.24, 2.45) is 0 Å². The highest BCUT2D eigenvalue weighted by Crippen LogP contribution is 2.26. The molecule has 0 saturated carbocycles. The van der Waals surface area contributed by atoms with Gasteiger partial charge in [-0.3, -0.25) is 0 Å². The Labute approximate surface area is 95.4 Å². The molecule has 0 aliphatic carbocycles.